The number of rotatable bonds is 5. The van der Waals surface area contributed by atoms with E-state index in [1.807, 2.05) is 4.90 Å². The number of aryl methyl sites for hydroxylation is 1. The third kappa shape index (κ3) is 4.38. The van der Waals surface area contributed by atoms with E-state index in [0.717, 1.165) is 5.56 Å². The molecular formula is C16H17Cl2N3O4S2. The second kappa shape index (κ2) is 7.92. The SMILES string of the molecule is Cc1ccc(S(=O)(=O)N2CCN(c3nc(Cl)c(Cl)s3)CC2)cc1CC(=O)O. The van der Waals surface area contributed by atoms with E-state index in [0.29, 0.717) is 41.2 Å². The van der Waals surface area contributed by atoms with E-state index in [2.05, 4.69) is 4.98 Å². The number of piperazine rings is 1. The molecule has 2 aromatic rings. The van der Waals surface area contributed by atoms with Crippen molar-refractivity contribution >= 4 is 55.7 Å². The molecule has 1 aliphatic heterocycles. The average Bonchev–Trinajstić information content (AvgIpc) is 2.95. The zero-order valence-electron chi connectivity index (χ0n) is 14.4. The summed E-state index contributed by atoms with van der Waals surface area (Å²) >= 11 is 13.1. The van der Waals surface area contributed by atoms with Crippen molar-refractivity contribution in [2.45, 2.75) is 18.2 Å². The van der Waals surface area contributed by atoms with Gasteiger partial charge in [-0.1, -0.05) is 40.6 Å². The molecule has 0 atom stereocenters. The molecule has 0 radical (unpaired) electrons. The Hall–Kier alpha value is -1.39. The van der Waals surface area contributed by atoms with E-state index in [1.165, 1.54) is 27.8 Å². The van der Waals surface area contributed by atoms with Crippen LogP contribution >= 0.6 is 34.5 Å². The van der Waals surface area contributed by atoms with Crippen molar-refractivity contribution in [3.05, 3.63) is 38.8 Å². The van der Waals surface area contributed by atoms with Gasteiger partial charge < -0.3 is 10.0 Å². The number of aliphatic carboxylic acids is 1. The van der Waals surface area contributed by atoms with Gasteiger partial charge in [-0.2, -0.15) is 4.31 Å². The van der Waals surface area contributed by atoms with Crippen LogP contribution in [0.1, 0.15) is 11.1 Å². The Bertz CT molecular complexity index is 951. The van der Waals surface area contributed by atoms with Gasteiger partial charge in [0.1, 0.15) is 4.34 Å². The van der Waals surface area contributed by atoms with Crippen molar-refractivity contribution in [1.82, 2.24) is 9.29 Å². The predicted octanol–water partition coefficient (Wildman–Crippen LogP) is 2.90. The summed E-state index contributed by atoms with van der Waals surface area (Å²) in [4.78, 5) is 17.2. The molecule has 3 rings (SSSR count). The fourth-order valence-corrected chi connectivity index (χ4v) is 5.55. The number of carboxylic acids is 1. The fourth-order valence-electron chi connectivity index (χ4n) is 2.84. The molecule has 2 heterocycles. The van der Waals surface area contributed by atoms with Gasteiger partial charge in [0.05, 0.1) is 11.3 Å². The predicted molar refractivity (Wildman–Crippen MR) is 106 cm³/mol. The molecule has 0 saturated carbocycles. The molecule has 0 amide bonds. The third-order valence-corrected chi connectivity index (χ3v) is 8.04. The van der Waals surface area contributed by atoms with Crippen LogP contribution in [0.2, 0.25) is 9.49 Å². The highest BCUT2D eigenvalue weighted by atomic mass is 35.5. The maximum Gasteiger partial charge on any atom is 0.307 e. The molecule has 0 bridgehead atoms. The Morgan fingerprint density at radius 1 is 1.26 bits per heavy atom. The van der Waals surface area contributed by atoms with Crippen molar-refractivity contribution < 1.29 is 18.3 Å². The Labute approximate surface area is 171 Å². The Kier molecular flexibility index (Phi) is 5.97. The minimum atomic E-state index is -3.70. The second-order valence-corrected chi connectivity index (χ2v) is 9.99. The fraction of sp³-hybridized carbons (Fsp3) is 0.375. The van der Waals surface area contributed by atoms with Crippen LogP contribution < -0.4 is 4.90 Å². The lowest BCUT2D eigenvalue weighted by Crippen LogP contribution is -2.48. The first-order valence-electron chi connectivity index (χ1n) is 8.06. The van der Waals surface area contributed by atoms with Crippen molar-refractivity contribution in [3.8, 4) is 0 Å². The van der Waals surface area contributed by atoms with Gasteiger partial charge in [-0.25, -0.2) is 13.4 Å². The van der Waals surface area contributed by atoms with Crippen molar-refractivity contribution in [2.24, 2.45) is 0 Å². The topological polar surface area (TPSA) is 90.8 Å². The smallest absolute Gasteiger partial charge is 0.307 e. The molecule has 1 aliphatic rings. The van der Waals surface area contributed by atoms with E-state index in [9.17, 15) is 13.2 Å². The molecule has 11 heteroatoms. The highest BCUT2D eigenvalue weighted by Gasteiger charge is 2.30. The van der Waals surface area contributed by atoms with Gasteiger partial charge in [0, 0.05) is 26.2 Å². The van der Waals surface area contributed by atoms with Crippen LogP contribution in [0.4, 0.5) is 5.13 Å². The van der Waals surface area contributed by atoms with Gasteiger partial charge in [-0.15, -0.1) is 0 Å². The summed E-state index contributed by atoms with van der Waals surface area (Å²) in [5, 5.41) is 9.92. The van der Waals surface area contributed by atoms with Gasteiger partial charge in [0.2, 0.25) is 10.0 Å². The van der Waals surface area contributed by atoms with Crippen molar-refractivity contribution in [3.63, 3.8) is 0 Å². The van der Waals surface area contributed by atoms with E-state index >= 15 is 0 Å². The van der Waals surface area contributed by atoms with Gasteiger partial charge in [0.25, 0.3) is 0 Å². The van der Waals surface area contributed by atoms with Gasteiger partial charge in [0.15, 0.2) is 10.3 Å². The first-order valence-corrected chi connectivity index (χ1v) is 11.1. The molecular weight excluding hydrogens is 433 g/mol. The first-order chi connectivity index (χ1) is 12.7. The molecule has 1 aromatic heterocycles. The number of hydrogen-bond donors (Lipinski definition) is 1. The number of nitrogens with zero attached hydrogens (tertiary/aromatic N) is 3. The van der Waals surface area contributed by atoms with E-state index in [1.54, 1.807) is 13.0 Å². The largest absolute Gasteiger partial charge is 0.481 e. The minimum Gasteiger partial charge on any atom is -0.481 e. The molecule has 1 fully saturated rings. The third-order valence-electron chi connectivity index (χ3n) is 4.35. The molecule has 1 aromatic carbocycles. The van der Waals surface area contributed by atoms with Crippen LogP contribution in [0.3, 0.4) is 0 Å². The lowest BCUT2D eigenvalue weighted by Gasteiger charge is -2.33. The molecule has 27 heavy (non-hydrogen) atoms. The summed E-state index contributed by atoms with van der Waals surface area (Å²) < 4.78 is 27.7. The average molecular weight is 450 g/mol. The number of sulfonamides is 1. The van der Waals surface area contributed by atoms with Crippen LogP contribution in [-0.4, -0.2) is 55.0 Å². The first kappa shape index (κ1) is 20.3. The van der Waals surface area contributed by atoms with E-state index < -0.39 is 16.0 Å². The summed E-state index contributed by atoms with van der Waals surface area (Å²) in [6.07, 6.45) is -0.214. The summed E-state index contributed by atoms with van der Waals surface area (Å²) in [7, 11) is -3.70. The lowest BCUT2D eigenvalue weighted by molar-refractivity contribution is -0.136. The number of anilines is 1. The van der Waals surface area contributed by atoms with Crippen LogP contribution in [0.5, 0.6) is 0 Å². The van der Waals surface area contributed by atoms with Gasteiger partial charge >= 0.3 is 5.97 Å². The van der Waals surface area contributed by atoms with Crippen LogP contribution in [-0.2, 0) is 21.2 Å². The van der Waals surface area contributed by atoms with Gasteiger partial charge in [-0.05, 0) is 30.2 Å². The number of carboxylic acid groups (broad SMARTS) is 1. The molecule has 1 saturated heterocycles. The number of thiazole rings is 1. The Morgan fingerprint density at radius 2 is 1.93 bits per heavy atom. The minimum absolute atomic E-state index is 0.109. The molecule has 0 unspecified atom stereocenters. The van der Waals surface area contributed by atoms with Crippen LogP contribution in [0.25, 0.3) is 0 Å². The highest BCUT2D eigenvalue weighted by Crippen LogP contribution is 2.34. The zero-order chi connectivity index (χ0) is 19.8. The maximum atomic E-state index is 12.9. The Morgan fingerprint density at radius 3 is 2.48 bits per heavy atom. The van der Waals surface area contributed by atoms with E-state index in [4.69, 9.17) is 28.3 Å². The lowest BCUT2D eigenvalue weighted by atomic mass is 10.1. The summed E-state index contributed by atoms with van der Waals surface area (Å²) in [6, 6.07) is 4.61. The number of aromatic nitrogens is 1. The maximum absolute atomic E-state index is 12.9. The number of carbonyl (C=O) groups is 1. The monoisotopic (exact) mass is 449 g/mol. The Balaban J connectivity index is 1.76. The van der Waals surface area contributed by atoms with Crippen LogP contribution in [0.15, 0.2) is 23.1 Å². The molecule has 0 aliphatic carbocycles. The van der Waals surface area contributed by atoms with Crippen molar-refractivity contribution in [2.75, 3.05) is 31.1 Å². The quantitative estimate of drug-likeness (QED) is 0.754. The molecule has 7 nitrogen and oxygen atoms in total. The van der Waals surface area contributed by atoms with Gasteiger partial charge in [-0.3, -0.25) is 4.79 Å². The highest BCUT2D eigenvalue weighted by molar-refractivity contribution is 7.89. The van der Waals surface area contributed by atoms with E-state index in [-0.39, 0.29) is 16.5 Å². The summed E-state index contributed by atoms with van der Waals surface area (Å²) in [5.41, 5.74) is 1.24. The summed E-state index contributed by atoms with van der Waals surface area (Å²) in [6.45, 7) is 3.27. The van der Waals surface area contributed by atoms with Crippen LogP contribution in [0, 0.1) is 6.92 Å². The molecule has 0 spiro atoms. The van der Waals surface area contributed by atoms with Crippen molar-refractivity contribution in [1.29, 1.82) is 0 Å². The second-order valence-electron chi connectivity index (χ2n) is 6.11. The number of halogens is 2. The summed E-state index contributed by atoms with van der Waals surface area (Å²) in [5.74, 6) is -0.998. The number of hydrogen-bond acceptors (Lipinski definition) is 6. The molecule has 146 valence electrons. The normalized spacial score (nSPS) is 15.9. The zero-order valence-corrected chi connectivity index (χ0v) is 17.5. The molecule has 1 N–H and O–H groups in total. The number of benzene rings is 1. The standard InChI is InChI=1S/C16H17Cl2N3O4S2/c1-10-2-3-12(8-11(10)9-13(22)23)27(24,25)21-6-4-20(5-7-21)16-19-14(17)15(18)26-16/h2-3,8H,4-7,9H2,1H3,(H,22,23).